The fraction of sp³-hybridized carbons (Fsp3) is 0.619. The number of alkyl carbamates (subject to hydrolysis) is 1. The van der Waals surface area contributed by atoms with Gasteiger partial charge >= 0.3 is 12.1 Å². The molecular formula is C21H33NO5. The number of aliphatic hydroxyl groups excluding tert-OH is 1. The van der Waals surface area contributed by atoms with Gasteiger partial charge in [0.25, 0.3) is 0 Å². The lowest BCUT2D eigenvalue weighted by Crippen LogP contribution is -2.47. The second-order valence-corrected chi connectivity index (χ2v) is 8.41. The summed E-state index contributed by atoms with van der Waals surface area (Å²) in [5, 5.41) is 22.9. The van der Waals surface area contributed by atoms with Crippen LogP contribution in [0.15, 0.2) is 30.3 Å². The van der Waals surface area contributed by atoms with Gasteiger partial charge in [-0.3, -0.25) is 4.79 Å². The molecule has 27 heavy (non-hydrogen) atoms. The van der Waals surface area contributed by atoms with E-state index < -0.39 is 35.7 Å². The molecule has 0 saturated heterocycles. The highest BCUT2D eigenvalue weighted by Crippen LogP contribution is 2.21. The Morgan fingerprint density at radius 1 is 1.11 bits per heavy atom. The van der Waals surface area contributed by atoms with Crippen molar-refractivity contribution in [2.24, 2.45) is 11.8 Å². The molecule has 0 radical (unpaired) electrons. The molecule has 3 N–H and O–H groups in total. The molecule has 3 atom stereocenters. The topological polar surface area (TPSA) is 95.9 Å². The van der Waals surface area contributed by atoms with Crippen molar-refractivity contribution in [3.8, 4) is 0 Å². The maximum absolute atomic E-state index is 12.2. The van der Waals surface area contributed by atoms with Gasteiger partial charge < -0.3 is 20.3 Å². The van der Waals surface area contributed by atoms with Crippen molar-refractivity contribution in [2.45, 2.75) is 71.6 Å². The summed E-state index contributed by atoms with van der Waals surface area (Å²) in [5.74, 6) is -1.40. The Kier molecular flexibility index (Phi) is 8.76. The standard InChI is InChI=1S/C21H33NO5/c1-14(2)11-16(19(24)25)13-18(23)17(12-15-9-7-6-8-10-15)22-20(26)27-21(3,4)5/h6-10,14,16-18,23H,11-13H2,1-5H3,(H,22,26)(H,24,25). The van der Waals surface area contributed by atoms with Crippen molar-refractivity contribution < 1.29 is 24.5 Å². The number of hydrogen-bond donors (Lipinski definition) is 3. The first-order valence-electron chi connectivity index (χ1n) is 9.42. The van der Waals surface area contributed by atoms with Gasteiger partial charge in [-0.05, 0) is 51.5 Å². The van der Waals surface area contributed by atoms with E-state index in [0.29, 0.717) is 12.8 Å². The van der Waals surface area contributed by atoms with Crippen LogP contribution in [0.3, 0.4) is 0 Å². The fourth-order valence-corrected chi connectivity index (χ4v) is 2.93. The SMILES string of the molecule is CC(C)CC(CC(O)C(Cc1ccccc1)NC(=O)OC(C)(C)C)C(=O)O. The zero-order valence-electron chi connectivity index (χ0n) is 16.9. The van der Waals surface area contributed by atoms with E-state index >= 15 is 0 Å². The number of aliphatic carboxylic acids is 1. The van der Waals surface area contributed by atoms with Gasteiger partial charge in [0.05, 0.1) is 18.1 Å². The molecule has 6 heteroatoms. The lowest BCUT2D eigenvalue weighted by Gasteiger charge is -2.28. The maximum Gasteiger partial charge on any atom is 0.407 e. The summed E-state index contributed by atoms with van der Waals surface area (Å²) >= 11 is 0. The van der Waals surface area contributed by atoms with Crippen molar-refractivity contribution in [3.05, 3.63) is 35.9 Å². The molecule has 1 aromatic carbocycles. The van der Waals surface area contributed by atoms with Crippen LogP contribution in [0.4, 0.5) is 4.79 Å². The van der Waals surface area contributed by atoms with Crippen molar-refractivity contribution in [1.29, 1.82) is 0 Å². The number of carboxylic acids is 1. The molecule has 0 aromatic heterocycles. The largest absolute Gasteiger partial charge is 0.481 e. The molecule has 3 unspecified atom stereocenters. The first-order chi connectivity index (χ1) is 12.5. The number of benzene rings is 1. The molecule has 6 nitrogen and oxygen atoms in total. The normalized spacial score (nSPS) is 15.1. The van der Waals surface area contributed by atoms with Crippen molar-refractivity contribution in [2.75, 3.05) is 0 Å². The minimum Gasteiger partial charge on any atom is -0.481 e. The van der Waals surface area contributed by atoms with E-state index in [9.17, 15) is 19.8 Å². The highest BCUT2D eigenvalue weighted by atomic mass is 16.6. The maximum atomic E-state index is 12.2. The molecule has 0 aliphatic carbocycles. The number of rotatable bonds is 9. The van der Waals surface area contributed by atoms with Gasteiger partial charge in [-0.15, -0.1) is 0 Å². The number of carboxylic acid groups (broad SMARTS) is 1. The lowest BCUT2D eigenvalue weighted by molar-refractivity contribution is -0.143. The average molecular weight is 379 g/mol. The van der Waals surface area contributed by atoms with Crippen LogP contribution in [0.1, 0.15) is 53.0 Å². The second-order valence-electron chi connectivity index (χ2n) is 8.41. The van der Waals surface area contributed by atoms with E-state index in [1.165, 1.54) is 0 Å². The van der Waals surface area contributed by atoms with Crippen LogP contribution < -0.4 is 5.32 Å². The molecule has 0 fully saturated rings. The molecule has 0 spiro atoms. The van der Waals surface area contributed by atoms with Gasteiger partial charge in [0.15, 0.2) is 0 Å². The summed E-state index contributed by atoms with van der Waals surface area (Å²) < 4.78 is 5.30. The molecule has 1 amide bonds. The van der Waals surface area contributed by atoms with Gasteiger partial charge in [-0.2, -0.15) is 0 Å². The summed E-state index contributed by atoms with van der Waals surface area (Å²) in [6.07, 6.45) is -0.705. The van der Waals surface area contributed by atoms with E-state index in [4.69, 9.17) is 4.74 Å². The Hall–Kier alpha value is -2.08. The molecule has 0 aliphatic rings. The van der Waals surface area contributed by atoms with Gasteiger partial charge in [0, 0.05) is 0 Å². The van der Waals surface area contributed by atoms with Crippen LogP contribution in [0.2, 0.25) is 0 Å². The number of carbonyl (C=O) groups excluding carboxylic acids is 1. The van der Waals surface area contributed by atoms with Gasteiger partial charge in [-0.25, -0.2) is 4.79 Å². The third-order valence-corrected chi connectivity index (χ3v) is 4.10. The molecular weight excluding hydrogens is 346 g/mol. The molecule has 152 valence electrons. The third kappa shape index (κ3) is 9.43. The number of nitrogens with one attached hydrogen (secondary N) is 1. The van der Waals surface area contributed by atoms with E-state index in [1.54, 1.807) is 20.8 Å². The van der Waals surface area contributed by atoms with Gasteiger partial charge in [0.2, 0.25) is 0 Å². The first-order valence-corrected chi connectivity index (χ1v) is 9.42. The smallest absolute Gasteiger partial charge is 0.407 e. The first kappa shape index (κ1) is 23.0. The van der Waals surface area contributed by atoms with Crippen molar-refractivity contribution in [1.82, 2.24) is 5.32 Å². The molecule has 0 saturated carbocycles. The predicted octanol–water partition coefficient (Wildman–Crippen LogP) is 3.62. The molecule has 0 aliphatic heterocycles. The van der Waals surface area contributed by atoms with Crippen LogP contribution in [0.25, 0.3) is 0 Å². The minimum absolute atomic E-state index is 0.0702. The quantitative estimate of drug-likeness (QED) is 0.609. The third-order valence-electron chi connectivity index (χ3n) is 4.10. The predicted molar refractivity (Wildman–Crippen MR) is 105 cm³/mol. The van der Waals surface area contributed by atoms with E-state index in [2.05, 4.69) is 5.32 Å². The Labute approximate surface area is 161 Å². The fourth-order valence-electron chi connectivity index (χ4n) is 2.93. The molecule has 0 bridgehead atoms. The monoisotopic (exact) mass is 379 g/mol. The van der Waals surface area contributed by atoms with E-state index in [1.807, 2.05) is 44.2 Å². The number of amides is 1. The Bertz CT molecular complexity index is 594. The van der Waals surface area contributed by atoms with Gasteiger partial charge in [0.1, 0.15) is 5.60 Å². The molecule has 0 heterocycles. The zero-order valence-corrected chi connectivity index (χ0v) is 16.9. The van der Waals surface area contributed by atoms with E-state index in [-0.39, 0.29) is 12.3 Å². The Morgan fingerprint density at radius 3 is 2.19 bits per heavy atom. The van der Waals surface area contributed by atoms with Crippen molar-refractivity contribution >= 4 is 12.1 Å². The van der Waals surface area contributed by atoms with Crippen LogP contribution in [0, 0.1) is 11.8 Å². The van der Waals surface area contributed by atoms with Crippen LogP contribution in [-0.2, 0) is 16.0 Å². The summed E-state index contributed by atoms with van der Waals surface area (Å²) in [5.41, 5.74) is 0.279. The Balaban J connectivity index is 2.90. The number of hydrogen-bond acceptors (Lipinski definition) is 4. The average Bonchev–Trinajstić information content (AvgIpc) is 2.52. The molecule has 1 rings (SSSR count). The Morgan fingerprint density at radius 2 is 1.70 bits per heavy atom. The van der Waals surface area contributed by atoms with Crippen LogP contribution >= 0.6 is 0 Å². The van der Waals surface area contributed by atoms with Gasteiger partial charge in [-0.1, -0.05) is 44.2 Å². The minimum atomic E-state index is -1.00. The number of carbonyl (C=O) groups is 2. The van der Waals surface area contributed by atoms with E-state index in [0.717, 1.165) is 5.56 Å². The summed E-state index contributed by atoms with van der Waals surface area (Å²) in [6.45, 7) is 9.18. The number of ether oxygens (including phenoxy) is 1. The van der Waals surface area contributed by atoms with Crippen LogP contribution in [-0.4, -0.2) is 40.0 Å². The highest BCUT2D eigenvalue weighted by molar-refractivity contribution is 5.70. The van der Waals surface area contributed by atoms with Crippen molar-refractivity contribution in [3.63, 3.8) is 0 Å². The summed E-state index contributed by atoms with van der Waals surface area (Å²) in [6, 6.07) is 8.81. The number of aliphatic hydroxyl groups is 1. The summed E-state index contributed by atoms with van der Waals surface area (Å²) in [4.78, 5) is 23.7. The zero-order chi connectivity index (χ0) is 20.6. The second kappa shape index (κ2) is 10.3. The highest BCUT2D eigenvalue weighted by Gasteiger charge is 2.30. The molecule has 1 aromatic rings. The van der Waals surface area contributed by atoms with Crippen LogP contribution in [0.5, 0.6) is 0 Å². The summed E-state index contributed by atoms with van der Waals surface area (Å²) in [7, 11) is 0. The lowest BCUT2D eigenvalue weighted by atomic mass is 9.88.